The van der Waals surface area contributed by atoms with Crippen molar-refractivity contribution in [2.45, 2.75) is 82.8 Å². The highest BCUT2D eigenvalue weighted by Gasteiger charge is 2.39. The van der Waals surface area contributed by atoms with Gasteiger partial charge in [-0.25, -0.2) is 0 Å². The van der Waals surface area contributed by atoms with E-state index in [4.69, 9.17) is 4.84 Å². The summed E-state index contributed by atoms with van der Waals surface area (Å²) in [5, 5.41) is 0. The lowest BCUT2D eigenvalue weighted by atomic mass is 9.94. The maximum absolute atomic E-state index is 5.76. The molecule has 1 aromatic heterocycles. The molecule has 1 saturated heterocycles. The fourth-order valence-electron chi connectivity index (χ4n) is 4.04. The molecular formula is C19H30N2O. The van der Waals surface area contributed by atoms with Gasteiger partial charge in [-0.1, -0.05) is 44.6 Å². The number of hydrogen-bond donors (Lipinski definition) is 1. The SMILES string of the molecule is c1cncc(CCCCCCCC[C@@H]2ON[C@@H]3CCC[C@H]23)c1. The van der Waals surface area contributed by atoms with Crippen LogP contribution in [0.1, 0.15) is 69.8 Å². The Morgan fingerprint density at radius 2 is 1.95 bits per heavy atom. The summed E-state index contributed by atoms with van der Waals surface area (Å²) in [7, 11) is 0. The molecule has 1 aromatic rings. The summed E-state index contributed by atoms with van der Waals surface area (Å²) in [6.07, 6.45) is 18.9. The van der Waals surface area contributed by atoms with Crippen LogP contribution in [0.15, 0.2) is 24.5 Å². The van der Waals surface area contributed by atoms with Crippen LogP contribution in [0.25, 0.3) is 0 Å². The van der Waals surface area contributed by atoms with Crippen molar-refractivity contribution in [2.75, 3.05) is 0 Å². The van der Waals surface area contributed by atoms with Gasteiger partial charge in [0.25, 0.3) is 0 Å². The monoisotopic (exact) mass is 302 g/mol. The van der Waals surface area contributed by atoms with Crippen LogP contribution in [-0.4, -0.2) is 17.1 Å². The lowest BCUT2D eigenvalue weighted by molar-refractivity contribution is 0.00832. The smallest absolute Gasteiger partial charge is 0.0834 e. The van der Waals surface area contributed by atoms with Crippen LogP contribution in [-0.2, 0) is 11.3 Å². The number of aryl methyl sites for hydroxylation is 1. The minimum Gasteiger partial charge on any atom is -0.298 e. The van der Waals surface area contributed by atoms with Gasteiger partial charge in [0, 0.05) is 24.4 Å². The normalized spacial score (nSPS) is 27.2. The Balaban J connectivity index is 1.17. The zero-order valence-corrected chi connectivity index (χ0v) is 13.7. The average Bonchev–Trinajstić information content (AvgIpc) is 3.15. The molecule has 3 nitrogen and oxygen atoms in total. The molecule has 1 N–H and O–H groups in total. The van der Waals surface area contributed by atoms with Gasteiger partial charge in [-0.3, -0.25) is 9.82 Å². The third-order valence-corrected chi connectivity index (χ3v) is 5.34. The number of unbranched alkanes of at least 4 members (excludes halogenated alkanes) is 5. The molecule has 2 fully saturated rings. The number of hydrogen-bond acceptors (Lipinski definition) is 3. The lowest BCUT2D eigenvalue weighted by Crippen LogP contribution is -2.21. The number of pyridine rings is 1. The summed E-state index contributed by atoms with van der Waals surface area (Å²) in [5.74, 6) is 0.805. The highest BCUT2D eigenvalue weighted by atomic mass is 16.7. The average molecular weight is 302 g/mol. The van der Waals surface area contributed by atoms with E-state index < -0.39 is 0 Å². The Labute approximate surface area is 134 Å². The molecule has 122 valence electrons. The molecule has 0 unspecified atom stereocenters. The van der Waals surface area contributed by atoms with E-state index in [2.05, 4.69) is 16.5 Å². The van der Waals surface area contributed by atoms with Crippen LogP contribution in [0.4, 0.5) is 0 Å². The second kappa shape index (κ2) is 8.64. The Kier molecular flexibility index (Phi) is 6.26. The molecule has 2 aliphatic rings. The number of nitrogens with one attached hydrogen (secondary N) is 1. The molecule has 0 spiro atoms. The maximum Gasteiger partial charge on any atom is 0.0834 e. The zero-order chi connectivity index (χ0) is 15.0. The quantitative estimate of drug-likeness (QED) is 0.685. The van der Waals surface area contributed by atoms with Crippen LogP contribution in [0.5, 0.6) is 0 Å². The minimum absolute atomic E-state index is 0.498. The summed E-state index contributed by atoms with van der Waals surface area (Å²) in [6.45, 7) is 0. The molecule has 1 aliphatic carbocycles. The third kappa shape index (κ3) is 4.53. The summed E-state index contributed by atoms with van der Waals surface area (Å²) < 4.78 is 0. The second-order valence-electron chi connectivity index (χ2n) is 7.00. The largest absolute Gasteiger partial charge is 0.298 e. The van der Waals surface area contributed by atoms with Crippen molar-refractivity contribution in [1.82, 2.24) is 10.5 Å². The molecule has 22 heavy (non-hydrogen) atoms. The van der Waals surface area contributed by atoms with Gasteiger partial charge in [0.05, 0.1) is 6.10 Å². The minimum atomic E-state index is 0.498. The molecule has 2 heterocycles. The highest BCUT2D eigenvalue weighted by Crippen LogP contribution is 2.36. The van der Waals surface area contributed by atoms with Crippen LogP contribution in [0, 0.1) is 5.92 Å². The molecule has 1 saturated carbocycles. The molecular weight excluding hydrogens is 272 g/mol. The number of nitrogens with zero attached hydrogens (tertiary/aromatic N) is 1. The molecule has 0 amide bonds. The Morgan fingerprint density at radius 3 is 2.82 bits per heavy atom. The highest BCUT2D eigenvalue weighted by molar-refractivity contribution is 5.08. The van der Waals surface area contributed by atoms with E-state index >= 15 is 0 Å². The Morgan fingerprint density at radius 1 is 1.09 bits per heavy atom. The summed E-state index contributed by atoms with van der Waals surface area (Å²) >= 11 is 0. The molecule has 3 rings (SSSR count). The number of rotatable bonds is 9. The van der Waals surface area contributed by atoms with Crippen molar-refractivity contribution >= 4 is 0 Å². The second-order valence-corrected chi connectivity index (χ2v) is 7.00. The van der Waals surface area contributed by atoms with E-state index in [-0.39, 0.29) is 0 Å². The van der Waals surface area contributed by atoms with Crippen molar-refractivity contribution in [3.8, 4) is 0 Å². The van der Waals surface area contributed by atoms with Crippen molar-refractivity contribution in [3.05, 3.63) is 30.1 Å². The van der Waals surface area contributed by atoms with Crippen molar-refractivity contribution < 1.29 is 4.84 Å². The van der Waals surface area contributed by atoms with Gasteiger partial charge in [0.1, 0.15) is 0 Å². The van der Waals surface area contributed by atoms with E-state index in [9.17, 15) is 0 Å². The molecule has 0 aromatic carbocycles. The molecule has 1 aliphatic heterocycles. The topological polar surface area (TPSA) is 34.1 Å². The first-order chi connectivity index (χ1) is 10.9. The van der Waals surface area contributed by atoms with Gasteiger partial charge in [-0.15, -0.1) is 0 Å². The molecule has 3 atom stereocenters. The maximum atomic E-state index is 5.76. The number of fused-ring (bicyclic) bond motifs is 1. The van der Waals surface area contributed by atoms with Crippen LogP contribution >= 0.6 is 0 Å². The van der Waals surface area contributed by atoms with E-state index in [0.29, 0.717) is 12.1 Å². The van der Waals surface area contributed by atoms with E-state index in [1.165, 1.54) is 76.2 Å². The predicted octanol–water partition coefficient (Wildman–Crippen LogP) is 4.43. The molecule has 3 heteroatoms. The summed E-state index contributed by atoms with van der Waals surface area (Å²) in [4.78, 5) is 9.93. The fourth-order valence-corrected chi connectivity index (χ4v) is 4.04. The van der Waals surface area contributed by atoms with Gasteiger partial charge in [0.2, 0.25) is 0 Å². The summed E-state index contributed by atoms with van der Waals surface area (Å²) in [5.41, 5.74) is 4.62. The van der Waals surface area contributed by atoms with E-state index in [1.807, 2.05) is 18.5 Å². The fraction of sp³-hybridized carbons (Fsp3) is 0.737. The van der Waals surface area contributed by atoms with Crippen molar-refractivity contribution in [2.24, 2.45) is 5.92 Å². The van der Waals surface area contributed by atoms with Gasteiger partial charge < -0.3 is 0 Å². The lowest BCUT2D eigenvalue weighted by Gasteiger charge is -2.14. The first-order valence-corrected chi connectivity index (χ1v) is 9.23. The van der Waals surface area contributed by atoms with Gasteiger partial charge in [-0.2, -0.15) is 5.48 Å². The molecule has 0 bridgehead atoms. The van der Waals surface area contributed by atoms with Crippen LogP contribution < -0.4 is 5.48 Å². The van der Waals surface area contributed by atoms with Crippen molar-refractivity contribution in [1.29, 1.82) is 0 Å². The van der Waals surface area contributed by atoms with E-state index in [0.717, 1.165) is 5.92 Å². The van der Waals surface area contributed by atoms with E-state index in [1.54, 1.807) is 0 Å². The summed E-state index contributed by atoms with van der Waals surface area (Å²) in [6, 6.07) is 4.88. The van der Waals surface area contributed by atoms with Gasteiger partial charge in [-0.05, 0) is 43.7 Å². The van der Waals surface area contributed by atoms with Crippen LogP contribution in [0.3, 0.4) is 0 Å². The number of aromatic nitrogens is 1. The Bertz CT molecular complexity index is 423. The first-order valence-electron chi connectivity index (χ1n) is 9.23. The Hall–Kier alpha value is -0.930. The predicted molar refractivity (Wildman–Crippen MR) is 89.4 cm³/mol. The molecule has 0 radical (unpaired) electrons. The van der Waals surface area contributed by atoms with Crippen LogP contribution in [0.2, 0.25) is 0 Å². The first kappa shape index (κ1) is 15.9. The number of hydroxylamine groups is 1. The van der Waals surface area contributed by atoms with Gasteiger partial charge >= 0.3 is 0 Å². The van der Waals surface area contributed by atoms with Gasteiger partial charge in [0.15, 0.2) is 0 Å². The zero-order valence-electron chi connectivity index (χ0n) is 13.7. The standard InChI is InChI=1S/C19H30N2O/c1(3-5-9-16-10-8-14-20-15-16)2-4-6-13-19-17-11-7-12-18(17)21-22-19/h8,10,14-15,17-19,21H,1-7,9,11-13H2/t17-,18+,19-/m0/s1. The van der Waals surface area contributed by atoms with Crippen molar-refractivity contribution in [3.63, 3.8) is 0 Å². The third-order valence-electron chi connectivity index (χ3n) is 5.34.